The lowest BCUT2D eigenvalue weighted by atomic mass is 9.56. The van der Waals surface area contributed by atoms with Crippen LogP contribution in [-0.2, 0) is 23.9 Å². The molecule has 6 atom stereocenters. The van der Waals surface area contributed by atoms with Gasteiger partial charge in [0.2, 0.25) is 11.8 Å². The van der Waals surface area contributed by atoms with Crippen molar-refractivity contribution in [1.29, 1.82) is 0 Å². The number of morpholine rings is 1. The van der Waals surface area contributed by atoms with Gasteiger partial charge in [0.1, 0.15) is 11.6 Å². The number of ether oxygens (including phenoxy) is 1. The minimum Gasteiger partial charge on any atom is -0.508 e. The molecule has 1 N–H and O–H groups in total. The van der Waals surface area contributed by atoms with Crippen LogP contribution in [0.2, 0.25) is 0 Å². The normalized spacial score (nSPS) is 30.1. The molecule has 3 heterocycles. The fourth-order valence-corrected chi connectivity index (χ4v) is 10.1. The number of imide groups is 2. The summed E-state index contributed by atoms with van der Waals surface area (Å²) in [4.78, 5) is 58.0. The topological polar surface area (TPSA) is 107 Å². The molecule has 0 bridgehead atoms. The molecule has 9 nitrogen and oxygen atoms in total. The number of alkyl halides is 2. The summed E-state index contributed by atoms with van der Waals surface area (Å²) in [5.74, 6) is -6.78. The molecule has 264 valence electrons. The van der Waals surface area contributed by atoms with Crippen LogP contribution in [0.3, 0.4) is 0 Å². The zero-order valence-electron chi connectivity index (χ0n) is 27.7. The van der Waals surface area contributed by atoms with Gasteiger partial charge in [0.05, 0.1) is 36.4 Å². The van der Waals surface area contributed by atoms with Crippen LogP contribution < -0.4 is 14.7 Å². The number of carbonyl (C=O) groups excluding carboxylic acids is 4. The third-order valence-electron chi connectivity index (χ3n) is 11.6. The summed E-state index contributed by atoms with van der Waals surface area (Å²) in [6, 6.07) is 22.7. The Kier molecular flexibility index (Phi) is 7.56. The molecular weight excluding hydrogens is 708 g/mol. The third kappa shape index (κ3) is 4.50. The number of nitrogens with zero attached hydrogens (tertiary/aromatic N) is 3. The molecule has 0 spiro atoms. The number of amides is 4. The fraction of sp³-hybridized carbons (Fsp3) is 0.300. The quantitative estimate of drug-likeness (QED) is 0.149. The molecule has 4 aromatic rings. The predicted molar refractivity (Wildman–Crippen MR) is 194 cm³/mol. The predicted octanol–water partition coefficient (Wildman–Crippen LogP) is 6.29. The van der Waals surface area contributed by atoms with Gasteiger partial charge in [-0.1, -0.05) is 42.0 Å². The number of rotatable bonds is 4. The Morgan fingerprint density at radius 3 is 2.13 bits per heavy atom. The average Bonchev–Trinajstić information content (AvgIpc) is 3.50. The molecule has 0 radical (unpaired) electrons. The highest BCUT2D eigenvalue weighted by Gasteiger charge is 2.77. The maximum absolute atomic E-state index is 14.7. The van der Waals surface area contributed by atoms with E-state index in [9.17, 15) is 28.7 Å². The molecular formula is C40H32Cl2FN3O6. The molecule has 4 fully saturated rings. The summed E-state index contributed by atoms with van der Waals surface area (Å²) >= 11 is 15.1. The lowest BCUT2D eigenvalue weighted by Crippen LogP contribution is -2.60. The van der Waals surface area contributed by atoms with Crippen molar-refractivity contribution in [2.24, 2.45) is 17.8 Å². The van der Waals surface area contributed by atoms with Gasteiger partial charge in [-0.3, -0.25) is 24.1 Å². The highest BCUT2D eigenvalue weighted by molar-refractivity contribution is 6.58. The number of fused-ring (bicyclic) bond motifs is 5. The Morgan fingerprint density at radius 2 is 1.40 bits per heavy atom. The first-order valence-electron chi connectivity index (χ1n) is 17.3. The number of hydrogen-bond donors (Lipinski definition) is 1. The maximum atomic E-state index is 14.7. The zero-order valence-corrected chi connectivity index (χ0v) is 29.2. The van der Waals surface area contributed by atoms with Crippen LogP contribution in [0.15, 0.2) is 96.6 Å². The van der Waals surface area contributed by atoms with Crippen LogP contribution in [0.5, 0.6) is 5.75 Å². The van der Waals surface area contributed by atoms with Crippen LogP contribution in [-0.4, -0.2) is 64.8 Å². The zero-order chi connectivity index (χ0) is 36.1. The Labute approximate surface area is 308 Å². The van der Waals surface area contributed by atoms with E-state index in [-0.39, 0.29) is 30.2 Å². The minimum atomic E-state index is -2.17. The van der Waals surface area contributed by atoms with E-state index in [0.29, 0.717) is 35.4 Å². The van der Waals surface area contributed by atoms with Gasteiger partial charge in [-0.25, -0.2) is 9.29 Å². The first-order chi connectivity index (χ1) is 25.0. The molecule has 3 aliphatic heterocycles. The summed E-state index contributed by atoms with van der Waals surface area (Å²) in [5, 5.41) is 12.9. The van der Waals surface area contributed by atoms with E-state index < -0.39 is 57.0 Å². The minimum absolute atomic E-state index is 0.0837. The molecule has 2 aliphatic carbocycles. The summed E-state index contributed by atoms with van der Waals surface area (Å²) < 4.78 is 19.5. The van der Waals surface area contributed by atoms with Gasteiger partial charge in [-0.15, -0.1) is 23.2 Å². The van der Waals surface area contributed by atoms with E-state index in [2.05, 4.69) is 4.90 Å². The Hall–Kier alpha value is -4.77. The standard InChI is InChI=1S/C40H32Cl2FN3O6/c41-39-21-30-28(14-15-29-32(30)36(49)45(35(29)48)25-12-10-24(11-13-25)44-17-19-52-20-18-44)34(33-27-4-2-1-3-22(27)5-16-31(33)47)40(39,42)38(51)46(37(39)50)26-8-6-23(43)7-9-26/h1-14,16,29-30,32,34,47H,15,17-21H2/t29-,30+,32-,34+,39+,40-/m0/s1. The van der Waals surface area contributed by atoms with Crippen LogP contribution >= 0.6 is 23.2 Å². The van der Waals surface area contributed by atoms with Crippen molar-refractivity contribution in [1.82, 2.24) is 0 Å². The van der Waals surface area contributed by atoms with Gasteiger partial charge in [0.15, 0.2) is 9.75 Å². The molecule has 4 aromatic carbocycles. The van der Waals surface area contributed by atoms with Crippen molar-refractivity contribution < 1.29 is 33.4 Å². The van der Waals surface area contributed by atoms with Crippen LogP contribution in [0.4, 0.5) is 21.5 Å². The molecule has 4 amide bonds. The molecule has 1 saturated carbocycles. The summed E-state index contributed by atoms with van der Waals surface area (Å²) in [7, 11) is 0. The summed E-state index contributed by atoms with van der Waals surface area (Å²) in [6.07, 6.45) is 1.79. The lowest BCUT2D eigenvalue weighted by molar-refractivity contribution is -0.125. The van der Waals surface area contributed by atoms with E-state index in [0.717, 1.165) is 41.2 Å². The summed E-state index contributed by atoms with van der Waals surface area (Å²) in [5.41, 5.74) is 2.33. The van der Waals surface area contributed by atoms with Crippen LogP contribution in [0.1, 0.15) is 24.3 Å². The number of phenolic OH excluding ortho intramolecular Hbond substituents is 1. The SMILES string of the molecule is O=C1[C@H]2[C@H](CC=C3[C@H]2C[C@@]2(Cl)C(=O)N(c4ccc(F)cc4)C(=O)[C@@]2(Cl)[C@H]3c2c(O)ccc3ccccc23)C(=O)N1c1ccc(N2CCOCC2)cc1. The Morgan fingerprint density at radius 1 is 0.750 bits per heavy atom. The van der Waals surface area contributed by atoms with Crippen molar-refractivity contribution in [3.63, 3.8) is 0 Å². The van der Waals surface area contributed by atoms with Crippen molar-refractivity contribution in [2.75, 3.05) is 41.0 Å². The molecule has 3 saturated heterocycles. The molecule has 0 aromatic heterocycles. The molecule has 52 heavy (non-hydrogen) atoms. The monoisotopic (exact) mass is 739 g/mol. The van der Waals surface area contributed by atoms with Gasteiger partial charge in [-0.2, -0.15) is 0 Å². The number of phenols is 1. The van der Waals surface area contributed by atoms with E-state index >= 15 is 0 Å². The van der Waals surface area contributed by atoms with Crippen molar-refractivity contribution in [3.05, 3.63) is 108 Å². The number of allylic oxidation sites excluding steroid dienone is 2. The van der Waals surface area contributed by atoms with Gasteiger partial charge in [0.25, 0.3) is 11.8 Å². The molecule has 5 aliphatic rings. The lowest BCUT2D eigenvalue weighted by Gasteiger charge is -2.51. The summed E-state index contributed by atoms with van der Waals surface area (Å²) in [6.45, 7) is 2.70. The van der Waals surface area contributed by atoms with Crippen molar-refractivity contribution >= 4 is 74.7 Å². The van der Waals surface area contributed by atoms with Gasteiger partial charge >= 0.3 is 0 Å². The number of halogens is 3. The van der Waals surface area contributed by atoms with E-state index in [1.807, 2.05) is 30.3 Å². The van der Waals surface area contributed by atoms with Crippen molar-refractivity contribution in [3.8, 4) is 5.75 Å². The number of aromatic hydroxyl groups is 1. The Balaban J connectivity index is 1.18. The fourth-order valence-electron chi connectivity index (χ4n) is 9.19. The smallest absolute Gasteiger partial charge is 0.258 e. The largest absolute Gasteiger partial charge is 0.508 e. The molecule has 0 unspecified atom stereocenters. The van der Waals surface area contributed by atoms with Gasteiger partial charge in [-0.05, 0) is 84.1 Å². The highest BCUT2D eigenvalue weighted by atomic mass is 35.5. The highest BCUT2D eigenvalue weighted by Crippen LogP contribution is 2.67. The Bertz CT molecular complexity index is 2220. The van der Waals surface area contributed by atoms with E-state index in [1.165, 1.54) is 23.1 Å². The number of hydrogen-bond acceptors (Lipinski definition) is 7. The second-order valence-corrected chi connectivity index (χ2v) is 15.3. The number of anilines is 3. The number of carbonyl (C=O) groups is 4. The first-order valence-corrected chi connectivity index (χ1v) is 18.0. The third-order valence-corrected chi connectivity index (χ3v) is 13.0. The van der Waals surface area contributed by atoms with Crippen LogP contribution in [0.25, 0.3) is 10.8 Å². The first kappa shape index (κ1) is 33.1. The maximum Gasteiger partial charge on any atom is 0.258 e. The second kappa shape index (κ2) is 11.9. The number of benzene rings is 4. The average molecular weight is 741 g/mol. The van der Waals surface area contributed by atoms with Gasteiger partial charge < -0.3 is 14.7 Å². The van der Waals surface area contributed by atoms with E-state index in [4.69, 9.17) is 27.9 Å². The second-order valence-electron chi connectivity index (χ2n) is 14.1. The van der Waals surface area contributed by atoms with Crippen LogP contribution in [0, 0.1) is 23.6 Å². The van der Waals surface area contributed by atoms with E-state index in [1.54, 1.807) is 30.3 Å². The van der Waals surface area contributed by atoms with Gasteiger partial charge in [0, 0.05) is 30.3 Å². The van der Waals surface area contributed by atoms with Crippen molar-refractivity contribution in [2.45, 2.75) is 28.5 Å². The molecule has 9 rings (SSSR count). The molecule has 12 heteroatoms.